The van der Waals surface area contributed by atoms with Crippen molar-refractivity contribution < 1.29 is 14.2 Å². The van der Waals surface area contributed by atoms with E-state index in [-0.39, 0.29) is 6.10 Å². The van der Waals surface area contributed by atoms with Gasteiger partial charge in [-0.3, -0.25) is 4.99 Å². The molecule has 2 unspecified atom stereocenters. The van der Waals surface area contributed by atoms with Crippen LogP contribution >= 0.6 is 0 Å². The molecule has 0 amide bonds. The van der Waals surface area contributed by atoms with Gasteiger partial charge in [-0.2, -0.15) is 0 Å². The van der Waals surface area contributed by atoms with Gasteiger partial charge in [0.25, 0.3) is 0 Å². The Bertz CT molecular complexity index is 563. The number of hydrogen-bond donors (Lipinski definition) is 2. The Morgan fingerprint density at radius 1 is 1.18 bits per heavy atom. The summed E-state index contributed by atoms with van der Waals surface area (Å²) in [4.78, 5) is 4.83. The van der Waals surface area contributed by atoms with Gasteiger partial charge in [0.15, 0.2) is 5.96 Å². The lowest BCUT2D eigenvalue weighted by atomic mass is 9.89. The highest BCUT2D eigenvalue weighted by Gasteiger charge is 2.27. The molecule has 0 aromatic heterocycles. The maximum atomic E-state index is 6.12. The van der Waals surface area contributed by atoms with Gasteiger partial charge < -0.3 is 24.8 Å². The van der Waals surface area contributed by atoms with Gasteiger partial charge in [0.2, 0.25) is 0 Å². The minimum atomic E-state index is 0.134. The second kappa shape index (κ2) is 13.5. The summed E-state index contributed by atoms with van der Waals surface area (Å²) in [6.07, 6.45) is 3.32. The average Bonchev–Trinajstić information content (AvgIpc) is 2.72. The van der Waals surface area contributed by atoms with Crippen LogP contribution in [0, 0.1) is 12.8 Å². The molecule has 2 atom stereocenters. The molecule has 2 rings (SSSR count). The van der Waals surface area contributed by atoms with Gasteiger partial charge in [0.1, 0.15) is 0 Å². The number of nitrogens with zero attached hydrogens (tertiary/aromatic N) is 1. The number of hydrogen-bond acceptors (Lipinski definition) is 4. The van der Waals surface area contributed by atoms with Crippen LogP contribution in [0.1, 0.15) is 43.4 Å². The molecule has 1 aliphatic rings. The SMILES string of the molecule is CCNC(=NCC1CCCOC1c1ccc(C)cc1)NCCCOCCOC. The topological polar surface area (TPSA) is 64.1 Å². The van der Waals surface area contributed by atoms with Crippen molar-refractivity contribution in [2.75, 3.05) is 53.2 Å². The van der Waals surface area contributed by atoms with E-state index in [4.69, 9.17) is 19.2 Å². The van der Waals surface area contributed by atoms with Crippen LogP contribution in [0.15, 0.2) is 29.3 Å². The Morgan fingerprint density at radius 2 is 2.00 bits per heavy atom. The lowest BCUT2D eigenvalue weighted by Crippen LogP contribution is -2.39. The Kier molecular flexibility index (Phi) is 10.9. The van der Waals surface area contributed by atoms with E-state index in [0.29, 0.717) is 19.1 Å². The zero-order chi connectivity index (χ0) is 20.0. The van der Waals surface area contributed by atoms with Crippen LogP contribution in [-0.4, -0.2) is 59.1 Å². The molecule has 6 heteroatoms. The van der Waals surface area contributed by atoms with Crippen molar-refractivity contribution in [1.29, 1.82) is 0 Å². The third-order valence-corrected chi connectivity index (χ3v) is 4.87. The van der Waals surface area contributed by atoms with Gasteiger partial charge in [-0.15, -0.1) is 0 Å². The fourth-order valence-corrected chi connectivity index (χ4v) is 3.33. The van der Waals surface area contributed by atoms with E-state index in [1.165, 1.54) is 11.1 Å². The van der Waals surface area contributed by atoms with Crippen LogP contribution in [0.4, 0.5) is 0 Å². The Morgan fingerprint density at radius 3 is 2.75 bits per heavy atom. The Hall–Kier alpha value is -1.63. The summed E-state index contributed by atoms with van der Waals surface area (Å²) in [6, 6.07) is 8.70. The summed E-state index contributed by atoms with van der Waals surface area (Å²) in [5.74, 6) is 1.27. The maximum absolute atomic E-state index is 6.12. The van der Waals surface area contributed by atoms with Gasteiger partial charge >= 0.3 is 0 Å². The predicted octanol–water partition coefficient (Wildman–Crippen LogP) is 3.07. The molecule has 0 saturated carbocycles. The molecule has 2 N–H and O–H groups in total. The number of nitrogens with one attached hydrogen (secondary N) is 2. The smallest absolute Gasteiger partial charge is 0.191 e. The first kappa shape index (κ1) is 22.7. The van der Waals surface area contributed by atoms with Gasteiger partial charge in [0.05, 0.1) is 19.3 Å². The van der Waals surface area contributed by atoms with E-state index < -0.39 is 0 Å². The number of ether oxygens (including phenoxy) is 3. The standard InChI is InChI=1S/C22H37N3O3/c1-4-23-22(24-12-6-13-27-16-15-26-3)25-17-20-7-5-14-28-21(20)19-10-8-18(2)9-11-19/h8-11,20-21H,4-7,12-17H2,1-3H3,(H2,23,24,25). The molecule has 0 aliphatic carbocycles. The molecule has 1 aromatic rings. The monoisotopic (exact) mass is 391 g/mol. The molecule has 0 radical (unpaired) electrons. The highest BCUT2D eigenvalue weighted by Crippen LogP contribution is 2.33. The number of benzene rings is 1. The van der Waals surface area contributed by atoms with Crippen molar-refractivity contribution in [2.45, 2.75) is 39.2 Å². The molecular formula is C22H37N3O3. The Labute approximate surface area is 170 Å². The van der Waals surface area contributed by atoms with Crippen LogP contribution in [-0.2, 0) is 14.2 Å². The number of aliphatic imine (C=N–C) groups is 1. The summed E-state index contributed by atoms with van der Waals surface area (Å²) in [5.41, 5.74) is 2.54. The normalized spacial score (nSPS) is 20.2. The third-order valence-electron chi connectivity index (χ3n) is 4.87. The molecule has 0 spiro atoms. The number of aryl methyl sites for hydroxylation is 1. The highest BCUT2D eigenvalue weighted by atomic mass is 16.5. The summed E-state index contributed by atoms with van der Waals surface area (Å²) in [5, 5.41) is 6.73. The van der Waals surface area contributed by atoms with Crippen molar-refractivity contribution in [3.63, 3.8) is 0 Å². The highest BCUT2D eigenvalue weighted by molar-refractivity contribution is 5.79. The van der Waals surface area contributed by atoms with Crippen LogP contribution in [0.25, 0.3) is 0 Å². The average molecular weight is 392 g/mol. The zero-order valence-electron chi connectivity index (χ0n) is 17.7. The molecule has 6 nitrogen and oxygen atoms in total. The number of methoxy groups -OCH3 is 1. The van der Waals surface area contributed by atoms with Gasteiger partial charge in [-0.1, -0.05) is 29.8 Å². The van der Waals surface area contributed by atoms with E-state index in [1.54, 1.807) is 7.11 Å². The lowest BCUT2D eigenvalue weighted by molar-refractivity contribution is -0.0250. The summed E-state index contributed by atoms with van der Waals surface area (Å²) in [7, 11) is 1.69. The van der Waals surface area contributed by atoms with Crippen LogP contribution in [0.5, 0.6) is 0 Å². The van der Waals surface area contributed by atoms with E-state index >= 15 is 0 Å². The van der Waals surface area contributed by atoms with Crippen molar-refractivity contribution in [3.05, 3.63) is 35.4 Å². The molecule has 28 heavy (non-hydrogen) atoms. The minimum absolute atomic E-state index is 0.134. The van der Waals surface area contributed by atoms with Crippen molar-refractivity contribution in [3.8, 4) is 0 Å². The second-order valence-electron chi connectivity index (χ2n) is 7.21. The van der Waals surface area contributed by atoms with Crippen LogP contribution in [0.2, 0.25) is 0 Å². The fraction of sp³-hybridized carbons (Fsp3) is 0.682. The van der Waals surface area contributed by atoms with Crippen LogP contribution in [0.3, 0.4) is 0 Å². The molecule has 1 saturated heterocycles. The molecule has 1 aromatic carbocycles. The largest absolute Gasteiger partial charge is 0.382 e. The molecular weight excluding hydrogens is 354 g/mol. The zero-order valence-corrected chi connectivity index (χ0v) is 17.7. The first-order valence-corrected chi connectivity index (χ1v) is 10.5. The molecule has 158 valence electrons. The molecule has 1 fully saturated rings. The third kappa shape index (κ3) is 8.17. The predicted molar refractivity (Wildman–Crippen MR) is 114 cm³/mol. The molecule has 1 heterocycles. The number of rotatable bonds is 11. The number of guanidine groups is 1. The summed E-state index contributed by atoms with van der Waals surface area (Å²) >= 11 is 0. The molecule has 0 bridgehead atoms. The van der Waals surface area contributed by atoms with E-state index in [2.05, 4.69) is 48.7 Å². The van der Waals surface area contributed by atoms with E-state index in [0.717, 1.165) is 58.1 Å². The maximum Gasteiger partial charge on any atom is 0.191 e. The summed E-state index contributed by atoms with van der Waals surface area (Å²) in [6.45, 7) is 9.49. The second-order valence-corrected chi connectivity index (χ2v) is 7.21. The summed E-state index contributed by atoms with van der Waals surface area (Å²) < 4.78 is 16.6. The van der Waals surface area contributed by atoms with E-state index in [9.17, 15) is 0 Å². The van der Waals surface area contributed by atoms with E-state index in [1.807, 2.05) is 0 Å². The molecule has 1 aliphatic heterocycles. The van der Waals surface area contributed by atoms with Crippen LogP contribution < -0.4 is 10.6 Å². The first-order chi connectivity index (χ1) is 13.7. The Balaban J connectivity index is 1.84. The van der Waals surface area contributed by atoms with Crippen molar-refractivity contribution in [1.82, 2.24) is 10.6 Å². The minimum Gasteiger partial charge on any atom is -0.382 e. The quantitative estimate of drug-likeness (QED) is 0.345. The van der Waals surface area contributed by atoms with Crippen molar-refractivity contribution in [2.24, 2.45) is 10.9 Å². The van der Waals surface area contributed by atoms with Gasteiger partial charge in [-0.05, 0) is 38.7 Å². The first-order valence-electron chi connectivity index (χ1n) is 10.5. The van der Waals surface area contributed by atoms with Crippen molar-refractivity contribution >= 4 is 5.96 Å². The fourth-order valence-electron chi connectivity index (χ4n) is 3.33. The van der Waals surface area contributed by atoms with Gasteiger partial charge in [-0.25, -0.2) is 0 Å². The lowest BCUT2D eigenvalue weighted by Gasteiger charge is -2.31. The van der Waals surface area contributed by atoms with Gasteiger partial charge in [0, 0.05) is 45.9 Å².